The molecule has 34 heavy (non-hydrogen) atoms. The number of ketones is 1. The molecule has 0 amide bonds. The topological polar surface area (TPSA) is 91.5 Å². The van der Waals surface area contributed by atoms with Crippen molar-refractivity contribution in [3.8, 4) is 0 Å². The van der Waals surface area contributed by atoms with Crippen molar-refractivity contribution < 1.29 is 9.69 Å². The molecule has 7 nitrogen and oxygen atoms in total. The standard InChI is InChI=1S/C27H34N4O3/c1-6-30-25(33)23(24(28)31(26(30)34)17-19-10-8-7-9-11-19)22(32)18-29(5)16-20-12-14-21(15-13-20)27(2,3)4/h7-15H,6,16-18,28H2,1-5H3/p+1. The Morgan fingerprint density at radius 1 is 0.941 bits per heavy atom. The zero-order valence-corrected chi connectivity index (χ0v) is 20.7. The molecule has 1 atom stereocenters. The molecule has 1 unspecified atom stereocenters. The molecule has 0 aliphatic rings. The molecule has 1 aromatic heterocycles. The molecule has 0 saturated heterocycles. The fourth-order valence-corrected chi connectivity index (χ4v) is 4.07. The first-order valence-corrected chi connectivity index (χ1v) is 11.6. The van der Waals surface area contributed by atoms with E-state index < -0.39 is 11.2 Å². The van der Waals surface area contributed by atoms with Crippen molar-refractivity contribution in [2.45, 2.75) is 52.7 Å². The Balaban J connectivity index is 1.86. The van der Waals surface area contributed by atoms with Crippen LogP contribution in [0, 0.1) is 0 Å². The molecule has 0 spiro atoms. The number of hydrogen-bond acceptors (Lipinski definition) is 4. The number of carbonyl (C=O) groups excluding carboxylic acids is 1. The Hall–Kier alpha value is -3.45. The maximum Gasteiger partial charge on any atom is 0.332 e. The van der Waals surface area contributed by atoms with Crippen LogP contribution in [0.5, 0.6) is 0 Å². The minimum atomic E-state index is -0.623. The Bertz CT molecular complexity index is 1270. The van der Waals surface area contributed by atoms with Crippen molar-refractivity contribution in [1.29, 1.82) is 0 Å². The Morgan fingerprint density at radius 2 is 1.56 bits per heavy atom. The number of nitrogens with zero attached hydrogens (tertiary/aromatic N) is 2. The molecule has 7 heteroatoms. The summed E-state index contributed by atoms with van der Waals surface area (Å²) in [6.07, 6.45) is 0. The van der Waals surface area contributed by atoms with Crippen molar-refractivity contribution in [2.24, 2.45) is 0 Å². The number of nitrogens with one attached hydrogen (secondary N) is 1. The molecule has 1 heterocycles. The molecule has 0 aliphatic heterocycles. The lowest BCUT2D eigenvalue weighted by molar-refractivity contribution is -0.884. The van der Waals surface area contributed by atoms with E-state index in [9.17, 15) is 14.4 Å². The molecule has 0 aliphatic carbocycles. The summed E-state index contributed by atoms with van der Waals surface area (Å²) in [4.78, 5) is 40.1. The number of likely N-dealkylation sites (N-methyl/N-ethyl adjacent to an activating group) is 1. The highest BCUT2D eigenvalue weighted by atomic mass is 16.2. The Kier molecular flexibility index (Phi) is 7.57. The van der Waals surface area contributed by atoms with Crippen molar-refractivity contribution in [3.05, 3.63) is 97.7 Å². The van der Waals surface area contributed by atoms with Gasteiger partial charge >= 0.3 is 5.69 Å². The van der Waals surface area contributed by atoms with Crippen LogP contribution in [0.2, 0.25) is 0 Å². The molecule has 0 bridgehead atoms. The first-order chi connectivity index (χ1) is 16.0. The van der Waals surface area contributed by atoms with E-state index in [0.717, 1.165) is 20.6 Å². The van der Waals surface area contributed by atoms with E-state index in [2.05, 4.69) is 45.0 Å². The number of rotatable bonds is 8. The normalized spacial score (nSPS) is 12.5. The first kappa shape index (κ1) is 25.2. The molecular formula is C27H35N4O3+. The van der Waals surface area contributed by atoms with E-state index in [0.29, 0.717) is 6.54 Å². The van der Waals surface area contributed by atoms with Crippen LogP contribution in [0.15, 0.2) is 64.2 Å². The van der Waals surface area contributed by atoms with Crippen LogP contribution in [0.25, 0.3) is 0 Å². The van der Waals surface area contributed by atoms with Crippen LogP contribution in [-0.4, -0.2) is 28.5 Å². The second-order valence-electron chi connectivity index (χ2n) is 9.84. The van der Waals surface area contributed by atoms with Gasteiger partial charge in [0.2, 0.25) is 5.78 Å². The molecule has 0 saturated carbocycles. The number of nitrogen functional groups attached to an aromatic ring is 1. The van der Waals surface area contributed by atoms with E-state index in [4.69, 9.17) is 5.73 Å². The molecule has 3 rings (SSSR count). The van der Waals surface area contributed by atoms with Gasteiger partial charge in [-0.2, -0.15) is 0 Å². The van der Waals surface area contributed by atoms with E-state index in [1.807, 2.05) is 37.4 Å². The van der Waals surface area contributed by atoms with Gasteiger partial charge < -0.3 is 10.6 Å². The van der Waals surface area contributed by atoms with Crippen LogP contribution in [0.1, 0.15) is 54.7 Å². The van der Waals surface area contributed by atoms with Gasteiger partial charge in [-0.25, -0.2) is 4.79 Å². The van der Waals surface area contributed by atoms with E-state index in [1.165, 1.54) is 10.1 Å². The zero-order chi connectivity index (χ0) is 25.0. The molecule has 0 fully saturated rings. The van der Waals surface area contributed by atoms with Gasteiger partial charge in [0.1, 0.15) is 24.5 Å². The Morgan fingerprint density at radius 3 is 2.12 bits per heavy atom. The van der Waals surface area contributed by atoms with E-state index in [-0.39, 0.29) is 42.2 Å². The van der Waals surface area contributed by atoms with Gasteiger partial charge in [-0.15, -0.1) is 0 Å². The zero-order valence-electron chi connectivity index (χ0n) is 20.7. The molecule has 3 aromatic rings. The third-order valence-corrected chi connectivity index (χ3v) is 6.03. The summed E-state index contributed by atoms with van der Waals surface area (Å²) in [7, 11) is 1.91. The minimum Gasteiger partial charge on any atom is -0.384 e. The van der Waals surface area contributed by atoms with Crippen LogP contribution in [0.3, 0.4) is 0 Å². The van der Waals surface area contributed by atoms with E-state index >= 15 is 0 Å². The number of quaternary nitrogens is 1. The summed E-state index contributed by atoms with van der Waals surface area (Å²) in [5, 5.41) is 0. The maximum atomic E-state index is 13.2. The van der Waals surface area contributed by atoms with Crippen molar-refractivity contribution in [1.82, 2.24) is 9.13 Å². The van der Waals surface area contributed by atoms with Crippen molar-refractivity contribution >= 4 is 11.6 Å². The quantitative estimate of drug-likeness (QED) is 0.499. The first-order valence-electron chi connectivity index (χ1n) is 11.6. The predicted octanol–water partition coefficient (Wildman–Crippen LogP) is 1.86. The SMILES string of the molecule is CCn1c(=O)c(C(=O)C[NH+](C)Cc2ccc(C(C)(C)C)cc2)c(N)n(Cc2ccccc2)c1=O. The lowest BCUT2D eigenvalue weighted by Gasteiger charge is -2.20. The number of nitrogens with two attached hydrogens (primary N) is 1. The van der Waals surface area contributed by atoms with Crippen molar-refractivity contribution in [3.63, 3.8) is 0 Å². The smallest absolute Gasteiger partial charge is 0.332 e. The number of anilines is 1. The van der Waals surface area contributed by atoms with Gasteiger partial charge in [0, 0.05) is 12.1 Å². The summed E-state index contributed by atoms with van der Waals surface area (Å²) in [5.74, 6) is -0.439. The van der Waals surface area contributed by atoms with E-state index in [1.54, 1.807) is 6.92 Å². The van der Waals surface area contributed by atoms with Crippen LogP contribution >= 0.6 is 0 Å². The largest absolute Gasteiger partial charge is 0.384 e. The molecule has 3 N–H and O–H groups in total. The van der Waals surface area contributed by atoms with Gasteiger partial charge in [0.15, 0.2) is 0 Å². The third kappa shape index (κ3) is 5.54. The monoisotopic (exact) mass is 463 g/mol. The average molecular weight is 464 g/mol. The number of Topliss-reactive ketones (excluding diaryl/α,β-unsaturated/α-hetero) is 1. The fraction of sp³-hybridized carbons (Fsp3) is 0.370. The number of benzene rings is 2. The summed E-state index contributed by atoms with van der Waals surface area (Å²) in [5.41, 5.74) is 8.31. The molecule has 180 valence electrons. The highest BCUT2D eigenvalue weighted by Crippen LogP contribution is 2.22. The average Bonchev–Trinajstić information content (AvgIpc) is 2.77. The number of hydrogen-bond donors (Lipinski definition) is 2. The summed E-state index contributed by atoms with van der Waals surface area (Å²) >= 11 is 0. The highest BCUT2D eigenvalue weighted by Gasteiger charge is 2.25. The van der Waals surface area contributed by atoms with Crippen molar-refractivity contribution in [2.75, 3.05) is 19.3 Å². The van der Waals surface area contributed by atoms with Gasteiger partial charge in [-0.3, -0.25) is 18.7 Å². The fourth-order valence-electron chi connectivity index (χ4n) is 4.07. The maximum absolute atomic E-state index is 13.2. The number of carbonyl (C=O) groups is 1. The molecular weight excluding hydrogens is 428 g/mol. The summed E-state index contributed by atoms with van der Waals surface area (Å²) in [6, 6.07) is 17.7. The minimum absolute atomic E-state index is 0.0733. The molecule has 2 aromatic carbocycles. The van der Waals surface area contributed by atoms with Gasteiger partial charge in [0.25, 0.3) is 5.56 Å². The van der Waals surface area contributed by atoms with Gasteiger partial charge in [0.05, 0.1) is 13.6 Å². The second kappa shape index (κ2) is 10.2. The van der Waals surface area contributed by atoms with Crippen LogP contribution < -0.4 is 21.9 Å². The van der Waals surface area contributed by atoms with Gasteiger partial charge in [-0.05, 0) is 23.5 Å². The lowest BCUT2D eigenvalue weighted by atomic mass is 9.87. The third-order valence-electron chi connectivity index (χ3n) is 6.03. The van der Waals surface area contributed by atoms with Gasteiger partial charge in [-0.1, -0.05) is 75.4 Å². The number of aromatic nitrogens is 2. The molecule has 0 radical (unpaired) electrons. The van der Waals surface area contributed by atoms with Crippen LogP contribution in [-0.2, 0) is 25.0 Å². The predicted molar refractivity (Wildman–Crippen MR) is 136 cm³/mol. The highest BCUT2D eigenvalue weighted by molar-refractivity contribution is 6.00. The summed E-state index contributed by atoms with van der Waals surface area (Å²) < 4.78 is 2.39. The van der Waals surface area contributed by atoms with Crippen LogP contribution in [0.4, 0.5) is 5.82 Å². The lowest BCUT2D eigenvalue weighted by Crippen LogP contribution is -3.08. The summed E-state index contributed by atoms with van der Waals surface area (Å²) in [6.45, 7) is 9.28. The second-order valence-corrected chi connectivity index (χ2v) is 9.84. The Labute approximate surface area is 200 Å².